The number of carbonyl (C=O) groups excluding carboxylic acids is 2. The molecule has 0 spiro atoms. The lowest BCUT2D eigenvalue weighted by atomic mass is 9.85. The van der Waals surface area contributed by atoms with Gasteiger partial charge in [0.25, 0.3) is 0 Å². The molecule has 1 saturated carbocycles. The van der Waals surface area contributed by atoms with Crippen LogP contribution in [0, 0.1) is 5.92 Å². The van der Waals surface area contributed by atoms with Crippen LogP contribution in [-0.4, -0.2) is 108 Å². The van der Waals surface area contributed by atoms with Crippen LogP contribution in [0.4, 0.5) is 5.95 Å². The minimum Gasteiger partial charge on any atom is -0.493 e. The molecule has 1 aromatic carbocycles. The van der Waals surface area contributed by atoms with Crippen LogP contribution in [0.3, 0.4) is 0 Å². The van der Waals surface area contributed by atoms with Crippen LogP contribution in [0.15, 0.2) is 42.7 Å². The van der Waals surface area contributed by atoms with Crippen molar-refractivity contribution in [2.24, 2.45) is 5.92 Å². The number of nitrogens with one attached hydrogen (secondary N) is 1. The Morgan fingerprint density at radius 3 is 2.51 bits per heavy atom. The molecule has 0 bridgehead atoms. The Kier molecular flexibility index (Phi) is 10.3. The normalized spacial score (nSPS) is 22.8. The van der Waals surface area contributed by atoms with Crippen molar-refractivity contribution in [3.8, 4) is 11.6 Å². The number of likely N-dealkylation sites (tertiary alicyclic amines) is 2. The fraction of sp³-hybridized carbons (Fsp3) is 0.588. The Morgan fingerprint density at radius 2 is 1.79 bits per heavy atom. The summed E-state index contributed by atoms with van der Waals surface area (Å²) in [7, 11) is -1.05. The molecule has 47 heavy (non-hydrogen) atoms. The SMILES string of the molecule is CN1CCC[C@@H]1C(=O)OC1CCN(C(=O)C2CCC(Nc3nccc(-n4ccc5c(OCCCS(C)(=O)=O)cccc54)n3)CC2)CC1. The van der Waals surface area contributed by atoms with E-state index in [4.69, 9.17) is 14.5 Å². The monoisotopic (exact) mass is 666 g/mol. The van der Waals surface area contributed by atoms with Crippen LogP contribution in [-0.2, 0) is 24.2 Å². The minimum atomic E-state index is -3.02. The average Bonchev–Trinajstić information content (AvgIpc) is 3.70. The third-order valence-corrected chi connectivity index (χ3v) is 10.8. The number of sulfone groups is 1. The predicted octanol–water partition coefficient (Wildman–Crippen LogP) is 3.83. The lowest BCUT2D eigenvalue weighted by Gasteiger charge is -2.36. The van der Waals surface area contributed by atoms with E-state index in [-0.39, 0.29) is 41.7 Å². The summed E-state index contributed by atoms with van der Waals surface area (Å²) in [6.45, 7) is 2.54. The first-order chi connectivity index (χ1) is 22.6. The van der Waals surface area contributed by atoms with Crippen molar-refractivity contribution >= 4 is 38.6 Å². The molecule has 2 saturated heterocycles. The van der Waals surface area contributed by atoms with Crippen molar-refractivity contribution in [1.82, 2.24) is 24.3 Å². The van der Waals surface area contributed by atoms with Crippen molar-refractivity contribution in [2.45, 2.75) is 76.0 Å². The molecule has 13 heteroatoms. The molecule has 1 amide bonds. The van der Waals surface area contributed by atoms with Gasteiger partial charge < -0.3 is 24.3 Å². The van der Waals surface area contributed by atoms with Gasteiger partial charge >= 0.3 is 5.97 Å². The standard InChI is InChI=1S/C34H46N6O6S/c1-38-18-4-7-29(38)33(42)46-26-14-19-39(20-15-26)32(41)24-9-11-25(12-10-24)36-34-35-17-13-31(37-34)40-21-16-27-28(40)6-3-8-30(27)45-22-5-23-47(2,43)44/h3,6,8,13,16-17,21,24-26,29H,4-5,7,9-12,14-15,18-20,22-23H2,1-2H3,(H,35,36,37)/t24?,25?,29-/m1/s1. The summed E-state index contributed by atoms with van der Waals surface area (Å²) in [5.74, 6) is 2.19. The van der Waals surface area contributed by atoms with Crippen molar-refractivity contribution in [1.29, 1.82) is 0 Å². The summed E-state index contributed by atoms with van der Waals surface area (Å²) in [6, 6.07) is 9.68. The fourth-order valence-corrected chi connectivity index (χ4v) is 7.73. The van der Waals surface area contributed by atoms with E-state index in [2.05, 4.69) is 15.2 Å². The van der Waals surface area contributed by atoms with Gasteiger partial charge in [-0.25, -0.2) is 13.4 Å². The van der Waals surface area contributed by atoms with E-state index in [1.165, 1.54) is 6.26 Å². The molecule has 3 fully saturated rings. The molecule has 0 radical (unpaired) electrons. The highest BCUT2D eigenvalue weighted by atomic mass is 32.2. The highest BCUT2D eigenvalue weighted by molar-refractivity contribution is 7.90. The molecule has 1 aliphatic carbocycles. The second-order valence-electron chi connectivity index (χ2n) is 13.2. The number of esters is 1. The van der Waals surface area contributed by atoms with Gasteiger partial charge in [-0.2, -0.15) is 4.98 Å². The van der Waals surface area contributed by atoms with Crippen molar-refractivity contribution in [2.75, 3.05) is 50.6 Å². The third kappa shape index (κ3) is 8.24. The molecule has 254 valence electrons. The number of piperidine rings is 1. The van der Waals surface area contributed by atoms with Crippen LogP contribution < -0.4 is 10.1 Å². The van der Waals surface area contributed by atoms with Crippen LogP contribution >= 0.6 is 0 Å². The van der Waals surface area contributed by atoms with E-state index in [9.17, 15) is 18.0 Å². The number of fused-ring (bicyclic) bond motifs is 1. The molecule has 6 rings (SSSR count). The summed E-state index contributed by atoms with van der Waals surface area (Å²) < 4.78 is 36.6. The number of nitrogens with zero attached hydrogens (tertiary/aromatic N) is 5. The van der Waals surface area contributed by atoms with Crippen molar-refractivity contribution < 1.29 is 27.5 Å². The quantitative estimate of drug-likeness (QED) is 0.238. The van der Waals surface area contributed by atoms with E-state index < -0.39 is 9.84 Å². The average molecular weight is 667 g/mol. The maximum atomic E-state index is 13.4. The van der Waals surface area contributed by atoms with E-state index >= 15 is 0 Å². The fourth-order valence-electron chi connectivity index (χ4n) is 7.09. The first-order valence-corrected chi connectivity index (χ1v) is 18.9. The Hall–Kier alpha value is -3.71. The zero-order chi connectivity index (χ0) is 33.0. The largest absolute Gasteiger partial charge is 0.493 e. The number of amides is 1. The third-order valence-electron chi connectivity index (χ3n) is 9.74. The zero-order valence-electron chi connectivity index (χ0n) is 27.3. The molecular formula is C34H46N6O6S. The van der Waals surface area contributed by atoms with Gasteiger partial charge in [-0.3, -0.25) is 14.5 Å². The van der Waals surface area contributed by atoms with E-state index in [0.29, 0.717) is 50.7 Å². The van der Waals surface area contributed by atoms with Crippen LogP contribution in [0.2, 0.25) is 0 Å². The molecule has 1 N–H and O–H groups in total. The van der Waals surface area contributed by atoms with E-state index in [0.717, 1.165) is 61.8 Å². The zero-order valence-corrected chi connectivity index (χ0v) is 28.2. The number of aromatic nitrogens is 3. The van der Waals surface area contributed by atoms with Crippen LogP contribution in [0.25, 0.3) is 16.7 Å². The Bertz CT molecular complexity index is 1660. The number of benzene rings is 1. The van der Waals surface area contributed by atoms with E-state index in [1.54, 1.807) is 6.20 Å². The van der Waals surface area contributed by atoms with Crippen LogP contribution in [0.5, 0.6) is 5.75 Å². The number of hydrogen-bond acceptors (Lipinski definition) is 10. The topological polar surface area (TPSA) is 136 Å². The van der Waals surface area contributed by atoms with Gasteiger partial charge in [0.1, 0.15) is 33.6 Å². The molecular weight excluding hydrogens is 620 g/mol. The highest BCUT2D eigenvalue weighted by Gasteiger charge is 2.35. The first-order valence-electron chi connectivity index (χ1n) is 16.8. The number of hydrogen-bond donors (Lipinski definition) is 1. The maximum Gasteiger partial charge on any atom is 0.323 e. The van der Waals surface area contributed by atoms with Gasteiger partial charge in [-0.1, -0.05) is 6.07 Å². The molecule has 2 aromatic heterocycles. The van der Waals surface area contributed by atoms with Crippen molar-refractivity contribution in [3.63, 3.8) is 0 Å². The number of anilines is 1. The van der Waals surface area contributed by atoms with Gasteiger partial charge in [0.15, 0.2) is 0 Å². The molecule has 4 heterocycles. The molecule has 2 aliphatic heterocycles. The lowest BCUT2D eigenvalue weighted by molar-refractivity contribution is -0.157. The van der Waals surface area contributed by atoms with E-state index in [1.807, 2.05) is 53.0 Å². The summed E-state index contributed by atoms with van der Waals surface area (Å²) in [5, 5.41) is 4.41. The Morgan fingerprint density at radius 1 is 1.00 bits per heavy atom. The molecule has 12 nitrogen and oxygen atoms in total. The van der Waals surface area contributed by atoms with Crippen LogP contribution in [0.1, 0.15) is 57.8 Å². The maximum absolute atomic E-state index is 13.4. The summed E-state index contributed by atoms with van der Waals surface area (Å²) in [4.78, 5) is 39.2. The predicted molar refractivity (Wildman–Crippen MR) is 179 cm³/mol. The summed E-state index contributed by atoms with van der Waals surface area (Å²) >= 11 is 0. The highest BCUT2D eigenvalue weighted by Crippen LogP contribution is 2.31. The molecule has 0 unspecified atom stereocenters. The second-order valence-corrected chi connectivity index (χ2v) is 15.5. The van der Waals surface area contributed by atoms with Gasteiger partial charge in [-0.15, -0.1) is 0 Å². The van der Waals surface area contributed by atoms with Gasteiger partial charge in [-0.05, 0) is 82.8 Å². The van der Waals surface area contributed by atoms with Gasteiger partial charge in [0, 0.05) is 61.9 Å². The summed E-state index contributed by atoms with van der Waals surface area (Å²) in [6.07, 6.45) is 11.9. The van der Waals surface area contributed by atoms with Gasteiger partial charge in [0.05, 0.1) is 17.9 Å². The number of rotatable bonds is 11. The molecule has 3 aliphatic rings. The summed E-state index contributed by atoms with van der Waals surface area (Å²) in [5.41, 5.74) is 0.929. The minimum absolute atomic E-state index is 0.0144. The Labute approximate surface area is 276 Å². The number of likely N-dealkylation sites (N-methyl/N-ethyl adjacent to an activating group) is 1. The number of ether oxygens (including phenoxy) is 2. The lowest BCUT2D eigenvalue weighted by Crippen LogP contribution is -2.46. The Balaban J connectivity index is 0.981. The molecule has 1 atom stereocenters. The van der Waals surface area contributed by atoms with Crippen molar-refractivity contribution in [3.05, 3.63) is 42.7 Å². The molecule has 3 aromatic rings. The number of carbonyl (C=O) groups is 2. The second kappa shape index (κ2) is 14.6. The van der Waals surface area contributed by atoms with Gasteiger partial charge in [0.2, 0.25) is 11.9 Å². The first kappa shape index (κ1) is 33.2. The smallest absolute Gasteiger partial charge is 0.323 e.